The topological polar surface area (TPSA) is 0 Å². The second kappa shape index (κ2) is 15.9. The van der Waals surface area contributed by atoms with Crippen LogP contribution in [0.2, 0.25) is 0 Å². The van der Waals surface area contributed by atoms with Gasteiger partial charge in [-0.1, -0.05) is 201 Å². The quantitative estimate of drug-likeness (QED) is 0.201. The van der Waals surface area contributed by atoms with E-state index in [1.54, 1.807) is 0 Å². The van der Waals surface area contributed by atoms with Crippen molar-refractivity contribution >= 4 is 18.2 Å². The van der Waals surface area contributed by atoms with E-state index < -0.39 is 0 Å². The molecule has 0 fully saturated rings. The van der Waals surface area contributed by atoms with E-state index in [-0.39, 0.29) is 0 Å². The molecular formula is C40H34. The molecule has 0 unspecified atom stereocenters. The Morgan fingerprint density at radius 2 is 0.575 bits per heavy atom. The Labute approximate surface area is 239 Å². The second-order valence-electron chi connectivity index (χ2n) is 9.05. The van der Waals surface area contributed by atoms with Crippen molar-refractivity contribution in [3.63, 3.8) is 0 Å². The lowest BCUT2D eigenvalue weighted by molar-refractivity contribution is 1.58. The standard InChI is InChI=1S/C18H14.C14H12.C8H8/c1-3-9-15(10-4-1)17-13-7-8-14-18(17)16-11-5-2-6-12-16;1-3-7-13(8-4-1)11-12-14-9-5-2-6-10-14;1-2-8-6-4-3-5-7-8/h1-14H;1-12H;2-7H,1H2. The molecule has 0 atom stereocenters. The van der Waals surface area contributed by atoms with Crippen molar-refractivity contribution < 1.29 is 0 Å². The van der Waals surface area contributed by atoms with Crippen molar-refractivity contribution in [2.45, 2.75) is 0 Å². The Morgan fingerprint density at radius 3 is 0.875 bits per heavy atom. The molecule has 6 aromatic carbocycles. The molecule has 0 aliphatic carbocycles. The van der Waals surface area contributed by atoms with Gasteiger partial charge in [0.2, 0.25) is 0 Å². The van der Waals surface area contributed by atoms with Gasteiger partial charge in [-0.3, -0.25) is 0 Å². The summed E-state index contributed by atoms with van der Waals surface area (Å²) in [6, 6.07) is 60.2. The summed E-state index contributed by atoms with van der Waals surface area (Å²) in [7, 11) is 0. The first-order valence-corrected chi connectivity index (χ1v) is 13.5. The van der Waals surface area contributed by atoms with Gasteiger partial charge in [0.15, 0.2) is 0 Å². The Hall–Kier alpha value is -5.20. The minimum Gasteiger partial charge on any atom is -0.0985 e. The zero-order valence-corrected chi connectivity index (χ0v) is 22.7. The highest BCUT2D eigenvalue weighted by molar-refractivity contribution is 5.83. The van der Waals surface area contributed by atoms with Gasteiger partial charge in [0.1, 0.15) is 0 Å². The molecule has 0 amide bonds. The lowest BCUT2D eigenvalue weighted by Crippen LogP contribution is -1.83. The fourth-order valence-electron chi connectivity index (χ4n) is 4.13. The summed E-state index contributed by atoms with van der Waals surface area (Å²) in [6.07, 6.45) is 6.07. The number of rotatable bonds is 5. The summed E-state index contributed by atoms with van der Waals surface area (Å²) >= 11 is 0. The lowest BCUT2D eigenvalue weighted by atomic mass is 9.95. The van der Waals surface area contributed by atoms with Gasteiger partial charge in [0.25, 0.3) is 0 Å². The van der Waals surface area contributed by atoms with Crippen LogP contribution in [0.1, 0.15) is 16.7 Å². The third-order valence-corrected chi connectivity index (χ3v) is 6.20. The molecule has 194 valence electrons. The van der Waals surface area contributed by atoms with E-state index in [9.17, 15) is 0 Å². The molecule has 0 N–H and O–H groups in total. The van der Waals surface area contributed by atoms with E-state index in [4.69, 9.17) is 0 Å². The van der Waals surface area contributed by atoms with Crippen molar-refractivity contribution in [1.29, 1.82) is 0 Å². The predicted octanol–water partition coefficient (Wildman–Crippen LogP) is 11.2. The van der Waals surface area contributed by atoms with Gasteiger partial charge in [-0.2, -0.15) is 0 Å². The maximum absolute atomic E-state index is 3.63. The fourth-order valence-corrected chi connectivity index (χ4v) is 4.13. The summed E-state index contributed by atoms with van der Waals surface area (Å²) in [6.45, 7) is 3.63. The summed E-state index contributed by atoms with van der Waals surface area (Å²) in [5.74, 6) is 0. The van der Waals surface area contributed by atoms with Crippen LogP contribution in [0.15, 0.2) is 183 Å². The molecule has 0 nitrogen and oxygen atoms in total. The Morgan fingerprint density at radius 1 is 0.300 bits per heavy atom. The van der Waals surface area contributed by atoms with Gasteiger partial charge in [0.05, 0.1) is 0 Å². The summed E-state index contributed by atoms with van der Waals surface area (Å²) in [5, 5.41) is 0. The van der Waals surface area contributed by atoms with Crippen molar-refractivity contribution in [3.8, 4) is 22.3 Å². The molecule has 0 aliphatic heterocycles. The fraction of sp³-hybridized carbons (Fsp3) is 0. The van der Waals surface area contributed by atoms with Crippen molar-refractivity contribution in [1.82, 2.24) is 0 Å². The minimum atomic E-state index is 1.17. The number of benzene rings is 6. The van der Waals surface area contributed by atoms with Crippen molar-refractivity contribution in [2.75, 3.05) is 0 Å². The molecule has 6 aromatic rings. The minimum absolute atomic E-state index is 1.17. The van der Waals surface area contributed by atoms with Crippen LogP contribution in [0.25, 0.3) is 40.5 Å². The van der Waals surface area contributed by atoms with E-state index in [0.717, 1.165) is 0 Å². The zero-order valence-electron chi connectivity index (χ0n) is 22.7. The van der Waals surface area contributed by atoms with Gasteiger partial charge < -0.3 is 0 Å². The average molecular weight is 515 g/mol. The highest BCUT2D eigenvalue weighted by Gasteiger charge is 2.05. The molecule has 0 aliphatic rings. The van der Waals surface area contributed by atoms with Crippen LogP contribution in [0.3, 0.4) is 0 Å². The van der Waals surface area contributed by atoms with Crippen LogP contribution < -0.4 is 0 Å². The lowest BCUT2D eigenvalue weighted by Gasteiger charge is -2.09. The van der Waals surface area contributed by atoms with Gasteiger partial charge in [-0.25, -0.2) is 0 Å². The Kier molecular flexibility index (Phi) is 11.1. The Balaban J connectivity index is 0.000000149. The second-order valence-corrected chi connectivity index (χ2v) is 9.05. The van der Waals surface area contributed by atoms with Gasteiger partial charge in [0, 0.05) is 0 Å². The van der Waals surface area contributed by atoms with E-state index >= 15 is 0 Å². The summed E-state index contributed by atoms with van der Waals surface area (Å²) in [5.41, 5.74) is 8.72. The molecule has 0 spiro atoms. The van der Waals surface area contributed by atoms with Crippen LogP contribution >= 0.6 is 0 Å². The van der Waals surface area contributed by atoms with Gasteiger partial charge in [-0.05, 0) is 38.9 Å². The molecule has 0 saturated heterocycles. The molecule has 6 rings (SSSR count). The van der Waals surface area contributed by atoms with E-state index in [2.05, 4.69) is 128 Å². The van der Waals surface area contributed by atoms with Gasteiger partial charge >= 0.3 is 0 Å². The molecule has 0 aromatic heterocycles. The van der Waals surface area contributed by atoms with Crippen molar-refractivity contribution in [3.05, 3.63) is 199 Å². The van der Waals surface area contributed by atoms with Crippen LogP contribution in [0.5, 0.6) is 0 Å². The molecule has 0 saturated carbocycles. The van der Waals surface area contributed by atoms with E-state index in [1.165, 1.54) is 38.9 Å². The first-order chi connectivity index (χ1) is 19.8. The molecule has 0 heterocycles. The Bertz CT molecular complexity index is 1450. The average Bonchev–Trinajstić information content (AvgIpc) is 3.06. The molecule has 0 radical (unpaired) electrons. The van der Waals surface area contributed by atoms with Crippen molar-refractivity contribution in [2.24, 2.45) is 0 Å². The monoisotopic (exact) mass is 514 g/mol. The third-order valence-electron chi connectivity index (χ3n) is 6.20. The summed E-state index contributed by atoms with van der Waals surface area (Å²) in [4.78, 5) is 0. The molecule has 40 heavy (non-hydrogen) atoms. The third kappa shape index (κ3) is 8.97. The molecular weight excluding hydrogens is 480 g/mol. The highest BCUT2D eigenvalue weighted by Crippen LogP contribution is 2.31. The predicted molar refractivity (Wildman–Crippen MR) is 176 cm³/mol. The highest BCUT2D eigenvalue weighted by atomic mass is 14.1. The van der Waals surface area contributed by atoms with Gasteiger partial charge in [-0.15, -0.1) is 0 Å². The van der Waals surface area contributed by atoms with Crippen LogP contribution in [0.4, 0.5) is 0 Å². The SMILES string of the molecule is C(=Cc1ccccc1)c1ccccc1.C=Cc1ccccc1.c1ccc(-c2ccccc2-c2ccccc2)cc1. The molecule has 0 bridgehead atoms. The van der Waals surface area contributed by atoms with E-state index in [1.807, 2.05) is 72.8 Å². The first-order valence-electron chi connectivity index (χ1n) is 13.5. The largest absolute Gasteiger partial charge is 0.0985 e. The number of hydrogen-bond acceptors (Lipinski definition) is 0. The van der Waals surface area contributed by atoms with Crippen LogP contribution in [-0.2, 0) is 0 Å². The smallest absolute Gasteiger partial charge is 0.0105 e. The van der Waals surface area contributed by atoms with E-state index in [0.29, 0.717) is 0 Å². The maximum Gasteiger partial charge on any atom is -0.0105 e. The maximum atomic E-state index is 3.63. The number of hydrogen-bond donors (Lipinski definition) is 0. The normalized spacial score (nSPS) is 10.0. The summed E-state index contributed by atoms with van der Waals surface area (Å²) < 4.78 is 0. The first kappa shape index (κ1) is 27.8. The van der Waals surface area contributed by atoms with Crippen LogP contribution in [0, 0.1) is 0 Å². The zero-order chi connectivity index (χ0) is 27.7. The molecule has 0 heteroatoms. The van der Waals surface area contributed by atoms with Crippen LogP contribution in [-0.4, -0.2) is 0 Å².